The Morgan fingerprint density at radius 3 is 2.82 bits per heavy atom. The number of rotatable bonds is 1. The average Bonchev–Trinajstić information content (AvgIpc) is 3.02. The van der Waals surface area contributed by atoms with Gasteiger partial charge in [0, 0.05) is 4.88 Å². The molecule has 3 nitrogen and oxygen atoms in total. The van der Waals surface area contributed by atoms with Crippen molar-refractivity contribution in [3.8, 4) is 5.69 Å². The number of nitrogens with zero attached hydrogens (tertiary/aromatic N) is 1. The molecule has 1 aliphatic carbocycles. The van der Waals surface area contributed by atoms with Gasteiger partial charge in [0.1, 0.15) is 4.83 Å². The second-order valence-electron chi connectivity index (χ2n) is 5.90. The maximum atomic E-state index is 13.0. The van der Waals surface area contributed by atoms with Crippen LogP contribution in [0.25, 0.3) is 15.9 Å². The Labute approximate surface area is 137 Å². The van der Waals surface area contributed by atoms with Crippen LogP contribution >= 0.6 is 23.6 Å². The van der Waals surface area contributed by atoms with Gasteiger partial charge < -0.3 is 4.98 Å². The van der Waals surface area contributed by atoms with Gasteiger partial charge in [-0.1, -0.05) is 6.07 Å². The largest absolute Gasteiger partial charge is 0.323 e. The highest BCUT2D eigenvalue weighted by Gasteiger charge is 2.21. The molecule has 0 spiro atoms. The van der Waals surface area contributed by atoms with Crippen molar-refractivity contribution in [2.45, 2.75) is 33.1 Å². The molecule has 1 aliphatic rings. The number of nitrogens with one attached hydrogen (secondary N) is 1. The first-order valence-electron chi connectivity index (χ1n) is 7.43. The van der Waals surface area contributed by atoms with E-state index < -0.39 is 0 Å². The molecule has 0 amide bonds. The van der Waals surface area contributed by atoms with Gasteiger partial charge in [0.05, 0.1) is 11.1 Å². The van der Waals surface area contributed by atoms with Gasteiger partial charge in [-0.05, 0) is 74.2 Å². The first-order chi connectivity index (χ1) is 10.6. The van der Waals surface area contributed by atoms with E-state index in [4.69, 9.17) is 12.2 Å². The number of hydrogen-bond donors (Lipinski definition) is 1. The van der Waals surface area contributed by atoms with Crippen molar-refractivity contribution in [3.05, 3.63) is 54.9 Å². The van der Waals surface area contributed by atoms with Crippen LogP contribution in [0.15, 0.2) is 23.0 Å². The Morgan fingerprint density at radius 2 is 2.05 bits per heavy atom. The lowest BCUT2D eigenvalue weighted by atomic mass is 10.1. The van der Waals surface area contributed by atoms with Gasteiger partial charge in [0.25, 0.3) is 5.56 Å². The minimum Gasteiger partial charge on any atom is -0.323 e. The SMILES string of the molecule is Cc1ccc(-n2c(=S)[nH]c3sc4c(c3c2=O)CCC4)cc1C. The molecule has 1 aromatic carbocycles. The molecule has 0 unspecified atom stereocenters. The lowest BCUT2D eigenvalue weighted by Gasteiger charge is -2.09. The van der Waals surface area contributed by atoms with E-state index in [1.54, 1.807) is 15.9 Å². The van der Waals surface area contributed by atoms with E-state index >= 15 is 0 Å². The number of aryl methyl sites for hydroxylation is 4. The zero-order valence-corrected chi connectivity index (χ0v) is 14.2. The van der Waals surface area contributed by atoms with Gasteiger partial charge in [0.2, 0.25) is 0 Å². The highest BCUT2D eigenvalue weighted by Crippen LogP contribution is 2.34. The Bertz CT molecular complexity index is 1020. The van der Waals surface area contributed by atoms with Gasteiger partial charge in [0.15, 0.2) is 4.77 Å². The highest BCUT2D eigenvalue weighted by molar-refractivity contribution is 7.71. The molecule has 2 aromatic heterocycles. The third kappa shape index (κ3) is 1.92. The summed E-state index contributed by atoms with van der Waals surface area (Å²) in [5.74, 6) is 0. The van der Waals surface area contributed by atoms with Crippen molar-refractivity contribution in [1.29, 1.82) is 0 Å². The molecule has 3 aromatic rings. The topological polar surface area (TPSA) is 37.8 Å². The molecule has 22 heavy (non-hydrogen) atoms. The van der Waals surface area contributed by atoms with Crippen molar-refractivity contribution in [1.82, 2.24) is 9.55 Å². The van der Waals surface area contributed by atoms with Crippen molar-refractivity contribution in [3.63, 3.8) is 0 Å². The molecule has 0 aliphatic heterocycles. The van der Waals surface area contributed by atoms with Crippen LogP contribution in [0, 0.1) is 18.6 Å². The van der Waals surface area contributed by atoms with Crippen molar-refractivity contribution >= 4 is 33.8 Å². The molecule has 0 radical (unpaired) electrons. The number of H-pyrrole nitrogens is 1. The van der Waals surface area contributed by atoms with Crippen LogP contribution in [0.5, 0.6) is 0 Å². The number of hydrogen-bond acceptors (Lipinski definition) is 3. The summed E-state index contributed by atoms with van der Waals surface area (Å²) in [4.78, 5) is 18.6. The monoisotopic (exact) mass is 328 g/mol. The quantitative estimate of drug-likeness (QED) is 0.679. The Hall–Kier alpha value is -1.72. The predicted molar refractivity (Wildman–Crippen MR) is 94.1 cm³/mol. The zero-order valence-electron chi connectivity index (χ0n) is 12.5. The van der Waals surface area contributed by atoms with E-state index in [2.05, 4.69) is 18.8 Å². The molecule has 1 N–H and O–H groups in total. The fourth-order valence-corrected chi connectivity index (χ4v) is 4.81. The van der Waals surface area contributed by atoms with E-state index in [0.717, 1.165) is 40.7 Å². The highest BCUT2D eigenvalue weighted by atomic mass is 32.1. The maximum Gasteiger partial charge on any atom is 0.267 e. The summed E-state index contributed by atoms with van der Waals surface area (Å²) in [6.07, 6.45) is 3.23. The number of thiophene rings is 1. The maximum absolute atomic E-state index is 13.0. The van der Waals surface area contributed by atoms with Crippen molar-refractivity contribution < 1.29 is 0 Å². The van der Waals surface area contributed by atoms with Crippen LogP contribution in [0.3, 0.4) is 0 Å². The summed E-state index contributed by atoms with van der Waals surface area (Å²) in [7, 11) is 0. The van der Waals surface area contributed by atoms with Crippen molar-refractivity contribution in [2.75, 3.05) is 0 Å². The number of benzene rings is 1. The molecule has 5 heteroatoms. The Kier molecular flexibility index (Phi) is 3.09. The van der Waals surface area contributed by atoms with Crippen LogP contribution in [-0.4, -0.2) is 9.55 Å². The Morgan fingerprint density at radius 1 is 1.23 bits per heavy atom. The Balaban J connectivity index is 2.08. The average molecular weight is 328 g/mol. The number of aromatic nitrogens is 2. The van der Waals surface area contributed by atoms with Gasteiger partial charge >= 0.3 is 0 Å². The molecule has 0 bridgehead atoms. The first-order valence-corrected chi connectivity index (χ1v) is 8.66. The van der Waals surface area contributed by atoms with Gasteiger partial charge in [-0.2, -0.15) is 0 Å². The van der Waals surface area contributed by atoms with E-state index in [1.165, 1.54) is 16.0 Å². The lowest BCUT2D eigenvalue weighted by Crippen LogP contribution is -2.20. The summed E-state index contributed by atoms with van der Waals surface area (Å²) in [5, 5.41) is 0.837. The summed E-state index contributed by atoms with van der Waals surface area (Å²) in [6, 6.07) is 6.03. The fourth-order valence-electron chi connectivity index (χ4n) is 3.17. The normalized spacial score (nSPS) is 13.7. The van der Waals surface area contributed by atoms with E-state index in [-0.39, 0.29) is 5.56 Å². The van der Waals surface area contributed by atoms with Crippen LogP contribution in [0.4, 0.5) is 0 Å². The molecular formula is C17H16N2OS2. The summed E-state index contributed by atoms with van der Waals surface area (Å²) in [6.45, 7) is 4.12. The standard InChI is InChI=1S/C17H16N2OS2/c1-9-6-7-11(8-10(9)2)19-16(20)14-12-4-3-5-13(12)22-15(14)18-17(19)21/h6-8H,3-5H2,1-2H3,(H,18,21). The fraction of sp³-hybridized carbons (Fsp3) is 0.294. The van der Waals surface area contributed by atoms with Crippen LogP contribution < -0.4 is 5.56 Å². The van der Waals surface area contributed by atoms with Crippen LogP contribution in [0.1, 0.15) is 28.0 Å². The second kappa shape index (κ2) is 4.89. The van der Waals surface area contributed by atoms with Crippen LogP contribution in [-0.2, 0) is 12.8 Å². The summed E-state index contributed by atoms with van der Waals surface area (Å²) < 4.78 is 2.11. The third-order valence-electron chi connectivity index (χ3n) is 4.51. The molecule has 0 atom stereocenters. The number of fused-ring (bicyclic) bond motifs is 3. The van der Waals surface area contributed by atoms with E-state index in [9.17, 15) is 4.79 Å². The van der Waals surface area contributed by atoms with Gasteiger partial charge in [-0.15, -0.1) is 11.3 Å². The molecule has 112 valence electrons. The van der Waals surface area contributed by atoms with Crippen LogP contribution in [0.2, 0.25) is 0 Å². The van der Waals surface area contributed by atoms with Gasteiger partial charge in [-0.25, -0.2) is 0 Å². The number of aromatic amines is 1. The van der Waals surface area contributed by atoms with Gasteiger partial charge in [-0.3, -0.25) is 9.36 Å². The molecule has 4 rings (SSSR count). The molecule has 2 heterocycles. The predicted octanol–water partition coefficient (Wildman–Crippen LogP) is 4.22. The first kappa shape index (κ1) is 13.9. The molecular weight excluding hydrogens is 312 g/mol. The zero-order chi connectivity index (χ0) is 15.4. The molecule has 0 fully saturated rings. The molecule has 0 saturated carbocycles. The summed E-state index contributed by atoms with van der Waals surface area (Å²) >= 11 is 7.13. The third-order valence-corrected chi connectivity index (χ3v) is 6.00. The lowest BCUT2D eigenvalue weighted by molar-refractivity contribution is 0.909. The smallest absolute Gasteiger partial charge is 0.267 e. The minimum absolute atomic E-state index is 0.0152. The van der Waals surface area contributed by atoms with Crippen molar-refractivity contribution in [2.24, 2.45) is 0 Å². The summed E-state index contributed by atoms with van der Waals surface area (Å²) in [5.41, 5.74) is 4.46. The van der Waals surface area contributed by atoms with E-state index in [1.807, 2.05) is 18.2 Å². The minimum atomic E-state index is 0.0152. The molecule has 0 saturated heterocycles. The van der Waals surface area contributed by atoms with E-state index in [0.29, 0.717) is 4.77 Å². The second-order valence-corrected chi connectivity index (χ2v) is 7.39.